The van der Waals surface area contributed by atoms with Crippen molar-refractivity contribution >= 4 is 11.9 Å². The van der Waals surface area contributed by atoms with Gasteiger partial charge in [0.15, 0.2) is 0 Å². The SMILES string of the molecule is CC(C)/C=C/C(=O)OCC1CC(=O)O1. The maximum absolute atomic E-state index is 11.0. The average molecular weight is 198 g/mol. The van der Waals surface area contributed by atoms with Gasteiger partial charge in [-0.1, -0.05) is 19.9 Å². The molecule has 0 radical (unpaired) electrons. The van der Waals surface area contributed by atoms with E-state index in [4.69, 9.17) is 4.74 Å². The second-order valence-corrected chi connectivity index (χ2v) is 3.55. The summed E-state index contributed by atoms with van der Waals surface area (Å²) in [5.74, 6) is -0.297. The summed E-state index contributed by atoms with van der Waals surface area (Å²) in [4.78, 5) is 21.4. The molecule has 1 atom stereocenters. The highest BCUT2D eigenvalue weighted by atomic mass is 16.6. The molecule has 0 spiro atoms. The van der Waals surface area contributed by atoms with Crippen LogP contribution in [0.4, 0.5) is 0 Å². The molecule has 0 aromatic heterocycles. The van der Waals surface area contributed by atoms with Crippen LogP contribution >= 0.6 is 0 Å². The molecule has 1 aliphatic rings. The third-order valence-electron chi connectivity index (χ3n) is 1.72. The van der Waals surface area contributed by atoms with E-state index in [1.807, 2.05) is 13.8 Å². The number of hydrogen-bond donors (Lipinski definition) is 0. The summed E-state index contributed by atoms with van der Waals surface area (Å²) >= 11 is 0. The largest absolute Gasteiger partial charge is 0.459 e. The maximum atomic E-state index is 11.0. The highest BCUT2D eigenvalue weighted by molar-refractivity contribution is 5.82. The first-order chi connectivity index (χ1) is 6.58. The van der Waals surface area contributed by atoms with Crippen LogP contribution in [0.5, 0.6) is 0 Å². The fraction of sp³-hybridized carbons (Fsp3) is 0.600. The van der Waals surface area contributed by atoms with Gasteiger partial charge in [-0.3, -0.25) is 4.79 Å². The molecule has 78 valence electrons. The Morgan fingerprint density at radius 2 is 2.36 bits per heavy atom. The minimum atomic E-state index is -0.387. The second kappa shape index (κ2) is 4.79. The van der Waals surface area contributed by atoms with Gasteiger partial charge in [0.05, 0.1) is 6.42 Å². The van der Waals surface area contributed by atoms with E-state index in [1.54, 1.807) is 6.08 Å². The van der Waals surface area contributed by atoms with Crippen LogP contribution in [0.3, 0.4) is 0 Å². The van der Waals surface area contributed by atoms with Gasteiger partial charge in [0.25, 0.3) is 0 Å². The third-order valence-corrected chi connectivity index (χ3v) is 1.72. The van der Waals surface area contributed by atoms with Gasteiger partial charge in [0, 0.05) is 6.08 Å². The monoisotopic (exact) mass is 198 g/mol. The predicted octanol–water partition coefficient (Wildman–Crippen LogP) is 1.06. The molecule has 1 saturated heterocycles. The minimum absolute atomic E-state index is 0.160. The second-order valence-electron chi connectivity index (χ2n) is 3.55. The van der Waals surface area contributed by atoms with Crippen LogP contribution in [-0.4, -0.2) is 24.6 Å². The van der Waals surface area contributed by atoms with Crippen LogP contribution in [0.25, 0.3) is 0 Å². The Bertz CT molecular complexity index is 247. The summed E-state index contributed by atoms with van der Waals surface area (Å²) < 4.78 is 9.52. The lowest BCUT2D eigenvalue weighted by molar-refractivity contribution is -0.177. The molecule has 0 bridgehead atoms. The fourth-order valence-electron chi connectivity index (χ4n) is 0.949. The van der Waals surface area contributed by atoms with Gasteiger partial charge in [-0.15, -0.1) is 0 Å². The molecule has 0 saturated carbocycles. The van der Waals surface area contributed by atoms with E-state index in [0.29, 0.717) is 12.3 Å². The van der Waals surface area contributed by atoms with Crippen molar-refractivity contribution in [2.75, 3.05) is 6.61 Å². The van der Waals surface area contributed by atoms with Crippen molar-refractivity contribution in [2.45, 2.75) is 26.4 Å². The number of esters is 2. The number of allylic oxidation sites excluding steroid dienone is 1. The third kappa shape index (κ3) is 3.60. The van der Waals surface area contributed by atoms with Crippen molar-refractivity contribution in [3.63, 3.8) is 0 Å². The van der Waals surface area contributed by atoms with Gasteiger partial charge in [0.2, 0.25) is 0 Å². The molecule has 0 aromatic carbocycles. The molecule has 0 N–H and O–H groups in total. The first-order valence-corrected chi connectivity index (χ1v) is 4.62. The normalized spacial score (nSPS) is 20.8. The Kier molecular flexibility index (Phi) is 3.68. The van der Waals surface area contributed by atoms with E-state index in [2.05, 4.69) is 4.74 Å². The molecular weight excluding hydrogens is 184 g/mol. The van der Waals surface area contributed by atoms with Crippen molar-refractivity contribution in [1.29, 1.82) is 0 Å². The topological polar surface area (TPSA) is 52.6 Å². The lowest BCUT2D eigenvalue weighted by Gasteiger charge is -2.24. The summed E-state index contributed by atoms with van der Waals surface area (Å²) in [6, 6.07) is 0. The summed E-state index contributed by atoms with van der Waals surface area (Å²) in [6.07, 6.45) is 3.26. The standard InChI is InChI=1S/C10H14O4/c1-7(2)3-4-9(11)13-6-8-5-10(12)14-8/h3-4,7-8H,5-6H2,1-2H3/b4-3+. The molecule has 1 aliphatic heterocycles. The van der Waals surface area contributed by atoms with Gasteiger partial charge in [0.1, 0.15) is 12.7 Å². The van der Waals surface area contributed by atoms with E-state index in [0.717, 1.165) is 0 Å². The molecule has 1 fully saturated rings. The van der Waals surface area contributed by atoms with Crippen LogP contribution in [0.1, 0.15) is 20.3 Å². The lowest BCUT2D eigenvalue weighted by atomic mass is 10.2. The quantitative estimate of drug-likeness (QED) is 0.500. The minimum Gasteiger partial charge on any atom is -0.459 e. The van der Waals surface area contributed by atoms with Gasteiger partial charge < -0.3 is 9.47 Å². The molecule has 4 heteroatoms. The molecule has 1 rings (SSSR count). The molecule has 1 unspecified atom stereocenters. The highest BCUT2D eigenvalue weighted by Gasteiger charge is 2.29. The van der Waals surface area contributed by atoms with Crippen LogP contribution in [0.2, 0.25) is 0 Å². The Morgan fingerprint density at radius 3 is 2.86 bits per heavy atom. The summed E-state index contributed by atoms with van der Waals surface area (Å²) in [5, 5.41) is 0. The Balaban J connectivity index is 2.12. The molecule has 1 heterocycles. The molecule has 0 aliphatic carbocycles. The van der Waals surface area contributed by atoms with Crippen LogP contribution < -0.4 is 0 Å². The summed E-state index contributed by atoms with van der Waals surface area (Å²) in [5.41, 5.74) is 0. The molecule has 4 nitrogen and oxygen atoms in total. The van der Waals surface area contributed by atoms with Crippen LogP contribution in [0, 0.1) is 5.92 Å². The van der Waals surface area contributed by atoms with E-state index in [-0.39, 0.29) is 24.6 Å². The smallest absolute Gasteiger partial charge is 0.330 e. The lowest BCUT2D eigenvalue weighted by Crippen LogP contribution is -2.36. The molecule has 14 heavy (non-hydrogen) atoms. The first kappa shape index (κ1) is 10.8. The number of rotatable bonds is 4. The predicted molar refractivity (Wildman–Crippen MR) is 49.4 cm³/mol. The fourth-order valence-corrected chi connectivity index (χ4v) is 0.949. The van der Waals surface area contributed by atoms with Crippen LogP contribution in [0.15, 0.2) is 12.2 Å². The van der Waals surface area contributed by atoms with Gasteiger partial charge in [-0.2, -0.15) is 0 Å². The maximum Gasteiger partial charge on any atom is 0.330 e. The number of ether oxygens (including phenoxy) is 2. The molecule has 0 aromatic rings. The van der Waals surface area contributed by atoms with Crippen molar-refractivity contribution in [2.24, 2.45) is 5.92 Å². The van der Waals surface area contributed by atoms with Crippen molar-refractivity contribution in [3.8, 4) is 0 Å². The van der Waals surface area contributed by atoms with Crippen LogP contribution in [-0.2, 0) is 19.1 Å². The highest BCUT2D eigenvalue weighted by Crippen LogP contribution is 2.13. The average Bonchev–Trinajstić information content (AvgIpc) is 2.07. The van der Waals surface area contributed by atoms with E-state index < -0.39 is 0 Å². The zero-order chi connectivity index (χ0) is 10.6. The Hall–Kier alpha value is -1.32. The number of cyclic esters (lactones) is 1. The number of carbonyl (C=O) groups excluding carboxylic acids is 2. The van der Waals surface area contributed by atoms with E-state index in [9.17, 15) is 9.59 Å². The van der Waals surface area contributed by atoms with Gasteiger partial charge in [-0.25, -0.2) is 4.79 Å². The molecule has 0 amide bonds. The Labute approximate surface area is 82.9 Å². The summed E-state index contributed by atoms with van der Waals surface area (Å²) in [7, 11) is 0. The van der Waals surface area contributed by atoms with E-state index in [1.165, 1.54) is 6.08 Å². The zero-order valence-corrected chi connectivity index (χ0v) is 8.36. The van der Waals surface area contributed by atoms with Gasteiger partial charge in [-0.05, 0) is 5.92 Å². The van der Waals surface area contributed by atoms with Crippen molar-refractivity contribution in [3.05, 3.63) is 12.2 Å². The van der Waals surface area contributed by atoms with Gasteiger partial charge >= 0.3 is 11.9 Å². The molecular formula is C10H14O4. The van der Waals surface area contributed by atoms with E-state index >= 15 is 0 Å². The van der Waals surface area contributed by atoms with Crippen molar-refractivity contribution in [1.82, 2.24) is 0 Å². The summed E-state index contributed by atoms with van der Waals surface area (Å²) in [6.45, 7) is 4.10. The Morgan fingerprint density at radius 1 is 1.71 bits per heavy atom. The number of hydrogen-bond acceptors (Lipinski definition) is 4. The number of carbonyl (C=O) groups is 2. The first-order valence-electron chi connectivity index (χ1n) is 4.62. The zero-order valence-electron chi connectivity index (χ0n) is 8.36. The van der Waals surface area contributed by atoms with Crippen molar-refractivity contribution < 1.29 is 19.1 Å².